The number of ether oxygens (including phenoxy) is 2. The van der Waals surface area contributed by atoms with Crippen LogP contribution >= 0.6 is 11.6 Å². The van der Waals surface area contributed by atoms with Crippen molar-refractivity contribution in [1.82, 2.24) is 5.43 Å². The molecule has 35 heavy (non-hydrogen) atoms. The number of nitrogens with one attached hydrogen (secondary N) is 3. The molecule has 3 aromatic carbocycles. The van der Waals surface area contributed by atoms with Crippen molar-refractivity contribution in [3.8, 4) is 11.5 Å². The van der Waals surface area contributed by atoms with Crippen LogP contribution in [-0.4, -0.2) is 37.1 Å². The third kappa shape index (κ3) is 7.86. The molecule has 0 aromatic heterocycles. The van der Waals surface area contributed by atoms with Crippen LogP contribution in [0.15, 0.2) is 77.9 Å². The van der Waals surface area contributed by atoms with Crippen LogP contribution in [0.25, 0.3) is 0 Å². The van der Waals surface area contributed by atoms with E-state index >= 15 is 0 Å². The van der Waals surface area contributed by atoms with Crippen molar-refractivity contribution < 1.29 is 23.9 Å². The van der Waals surface area contributed by atoms with Gasteiger partial charge in [-0.25, -0.2) is 5.43 Å². The van der Waals surface area contributed by atoms with E-state index in [4.69, 9.17) is 21.1 Å². The van der Waals surface area contributed by atoms with Gasteiger partial charge in [0.2, 0.25) is 0 Å². The molecule has 0 fully saturated rings. The summed E-state index contributed by atoms with van der Waals surface area (Å²) in [5.41, 5.74) is 3.57. The van der Waals surface area contributed by atoms with Gasteiger partial charge in [-0.2, -0.15) is 5.10 Å². The molecule has 180 valence electrons. The number of carbonyl (C=O) groups excluding carboxylic acids is 3. The van der Waals surface area contributed by atoms with Crippen LogP contribution < -0.4 is 25.5 Å². The van der Waals surface area contributed by atoms with Gasteiger partial charge in [-0.1, -0.05) is 41.9 Å². The molecule has 10 heteroatoms. The summed E-state index contributed by atoms with van der Waals surface area (Å²) < 4.78 is 11.0. The van der Waals surface area contributed by atoms with Crippen molar-refractivity contribution in [1.29, 1.82) is 0 Å². The van der Waals surface area contributed by atoms with Crippen molar-refractivity contribution in [3.63, 3.8) is 0 Å². The van der Waals surface area contributed by atoms with Crippen LogP contribution in [-0.2, 0) is 14.4 Å². The molecule has 0 saturated heterocycles. The summed E-state index contributed by atoms with van der Waals surface area (Å²) in [6.45, 7) is 1.96. The fraction of sp³-hybridized carbons (Fsp3) is 0.120. The number of benzene rings is 3. The van der Waals surface area contributed by atoms with Gasteiger partial charge in [0.05, 0.1) is 18.5 Å². The Morgan fingerprint density at radius 2 is 1.63 bits per heavy atom. The fourth-order valence-corrected chi connectivity index (χ4v) is 3.06. The maximum atomic E-state index is 12.2. The maximum Gasteiger partial charge on any atom is 0.329 e. The lowest BCUT2D eigenvalue weighted by molar-refractivity contribution is -0.136. The summed E-state index contributed by atoms with van der Waals surface area (Å²) in [4.78, 5) is 36.5. The van der Waals surface area contributed by atoms with Crippen molar-refractivity contribution in [3.05, 3.63) is 83.4 Å². The van der Waals surface area contributed by atoms with Crippen molar-refractivity contribution in [2.75, 3.05) is 23.8 Å². The third-order valence-electron chi connectivity index (χ3n) is 4.40. The summed E-state index contributed by atoms with van der Waals surface area (Å²) in [6, 6.07) is 20.3. The molecular formula is C25H23ClN4O5. The largest absolute Gasteiger partial charge is 0.492 e. The van der Waals surface area contributed by atoms with E-state index < -0.39 is 11.8 Å². The Hall–Kier alpha value is -4.37. The van der Waals surface area contributed by atoms with Crippen LogP contribution in [0.4, 0.5) is 11.4 Å². The molecule has 0 radical (unpaired) electrons. The second kappa shape index (κ2) is 12.8. The number of nitrogens with zero attached hydrogens (tertiary/aromatic N) is 1. The molecule has 3 amide bonds. The number of rotatable bonds is 9. The molecule has 3 N–H and O–H groups in total. The van der Waals surface area contributed by atoms with Gasteiger partial charge in [-0.3, -0.25) is 14.4 Å². The number of carbonyl (C=O) groups is 3. The molecule has 0 bridgehead atoms. The zero-order valence-electron chi connectivity index (χ0n) is 18.8. The Morgan fingerprint density at radius 1 is 0.886 bits per heavy atom. The highest BCUT2D eigenvalue weighted by Crippen LogP contribution is 2.23. The first-order chi connectivity index (χ1) is 17.0. The number of hydrogen-bond donors (Lipinski definition) is 3. The highest BCUT2D eigenvalue weighted by molar-refractivity contribution is 6.39. The number of hydrazone groups is 1. The lowest BCUT2D eigenvalue weighted by Gasteiger charge is -2.10. The molecule has 0 spiro atoms. The number of anilines is 2. The molecule has 9 nitrogen and oxygen atoms in total. The average molecular weight is 495 g/mol. The first-order valence-electron chi connectivity index (χ1n) is 10.6. The standard InChI is InChI=1S/C25H23ClN4O5/c1-2-34-22-13-6-4-11-20(22)29-24(32)25(33)30-27-15-17-8-3-5-12-21(17)35-16-23(31)28-19-10-7-9-18(26)14-19/h3-15H,2,16H2,1H3,(H,28,31)(H,29,32)(H,30,33)/b27-15-. The SMILES string of the molecule is CCOc1ccccc1NC(=O)C(=O)N/N=C\c1ccccc1OCC(=O)Nc1cccc(Cl)c1. The van der Waals surface area contributed by atoms with Crippen LogP contribution in [0.1, 0.15) is 12.5 Å². The first kappa shape index (κ1) is 25.3. The van der Waals surface area contributed by atoms with Crippen LogP contribution in [0, 0.1) is 0 Å². The number of amides is 3. The second-order valence-corrected chi connectivity index (χ2v) is 7.40. The lowest BCUT2D eigenvalue weighted by Crippen LogP contribution is -2.32. The zero-order chi connectivity index (χ0) is 25.0. The van der Waals surface area contributed by atoms with Gasteiger partial charge < -0.3 is 20.1 Å². The van der Waals surface area contributed by atoms with E-state index in [-0.39, 0.29) is 12.5 Å². The summed E-state index contributed by atoms with van der Waals surface area (Å²) in [5.74, 6) is -1.44. The van der Waals surface area contributed by atoms with E-state index in [9.17, 15) is 14.4 Å². The molecule has 0 aliphatic carbocycles. The van der Waals surface area contributed by atoms with Crippen LogP contribution in [0.2, 0.25) is 5.02 Å². The predicted octanol–water partition coefficient (Wildman–Crippen LogP) is 3.85. The van der Waals surface area contributed by atoms with Crippen LogP contribution in [0.3, 0.4) is 0 Å². The van der Waals surface area contributed by atoms with Gasteiger partial charge in [-0.05, 0) is 49.4 Å². The normalized spacial score (nSPS) is 10.5. The van der Waals surface area contributed by atoms with E-state index in [0.29, 0.717) is 40.1 Å². The van der Waals surface area contributed by atoms with Crippen molar-refractivity contribution in [2.24, 2.45) is 5.10 Å². The summed E-state index contributed by atoms with van der Waals surface area (Å²) in [6.07, 6.45) is 1.31. The first-order valence-corrected chi connectivity index (χ1v) is 11.0. The molecule has 0 atom stereocenters. The monoisotopic (exact) mass is 494 g/mol. The summed E-state index contributed by atoms with van der Waals surface area (Å²) in [5, 5.41) is 9.48. The Labute approximate surface area is 207 Å². The molecule has 0 unspecified atom stereocenters. The summed E-state index contributed by atoms with van der Waals surface area (Å²) in [7, 11) is 0. The minimum Gasteiger partial charge on any atom is -0.492 e. The number of para-hydroxylation sites is 3. The van der Waals surface area contributed by atoms with Gasteiger partial charge >= 0.3 is 11.8 Å². The molecule has 0 aliphatic rings. The highest BCUT2D eigenvalue weighted by Gasteiger charge is 2.15. The quantitative estimate of drug-likeness (QED) is 0.237. The predicted molar refractivity (Wildman–Crippen MR) is 134 cm³/mol. The Bertz CT molecular complexity index is 1230. The summed E-state index contributed by atoms with van der Waals surface area (Å²) >= 11 is 5.91. The second-order valence-electron chi connectivity index (χ2n) is 6.97. The smallest absolute Gasteiger partial charge is 0.329 e. The van der Waals surface area contributed by atoms with E-state index in [1.165, 1.54) is 6.21 Å². The van der Waals surface area contributed by atoms with Gasteiger partial charge in [0.1, 0.15) is 11.5 Å². The molecule has 3 rings (SSSR count). The van der Waals surface area contributed by atoms with E-state index in [2.05, 4.69) is 21.2 Å². The highest BCUT2D eigenvalue weighted by atomic mass is 35.5. The topological polar surface area (TPSA) is 118 Å². The van der Waals surface area contributed by atoms with Gasteiger partial charge in [-0.15, -0.1) is 0 Å². The van der Waals surface area contributed by atoms with E-state index in [1.807, 2.05) is 6.92 Å². The number of halogens is 1. The van der Waals surface area contributed by atoms with Gasteiger partial charge in [0.25, 0.3) is 5.91 Å². The van der Waals surface area contributed by atoms with Gasteiger partial charge in [0.15, 0.2) is 6.61 Å². The van der Waals surface area contributed by atoms with Crippen LogP contribution in [0.5, 0.6) is 11.5 Å². The van der Waals surface area contributed by atoms with Crippen molar-refractivity contribution >= 4 is 46.9 Å². The fourth-order valence-electron chi connectivity index (χ4n) is 2.87. The maximum absolute atomic E-state index is 12.2. The molecule has 3 aromatic rings. The van der Waals surface area contributed by atoms with E-state index in [0.717, 1.165) is 0 Å². The molecule has 0 aliphatic heterocycles. The Kier molecular flexibility index (Phi) is 9.21. The Balaban J connectivity index is 1.54. The number of hydrogen-bond acceptors (Lipinski definition) is 6. The van der Waals surface area contributed by atoms with Crippen molar-refractivity contribution in [2.45, 2.75) is 6.92 Å². The molecule has 0 heterocycles. The van der Waals surface area contributed by atoms with E-state index in [1.54, 1.807) is 72.8 Å². The third-order valence-corrected chi connectivity index (χ3v) is 4.63. The average Bonchev–Trinajstić information content (AvgIpc) is 2.84. The lowest BCUT2D eigenvalue weighted by atomic mass is 10.2. The zero-order valence-corrected chi connectivity index (χ0v) is 19.5. The minimum atomic E-state index is -0.966. The molecule has 0 saturated carbocycles. The Morgan fingerprint density at radius 3 is 2.40 bits per heavy atom. The minimum absolute atomic E-state index is 0.259. The van der Waals surface area contributed by atoms with Gasteiger partial charge in [0, 0.05) is 16.3 Å². The molecular weight excluding hydrogens is 472 g/mol.